The Morgan fingerprint density at radius 3 is 2.97 bits per heavy atom. The van der Waals surface area contributed by atoms with E-state index in [-0.39, 0.29) is 11.9 Å². The first-order valence-corrected chi connectivity index (χ1v) is 11.8. The monoisotopic (exact) mass is 439 g/mol. The van der Waals surface area contributed by atoms with Gasteiger partial charge in [-0.3, -0.25) is 20.3 Å². The second kappa shape index (κ2) is 7.79. The van der Waals surface area contributed by atoms with Gasteiger partial charge in [0.1, 0.15) is 18.5 Å². The van der Waals surface area contributed by atoms with E-state index >= 15 is 0 Å². The minimum Gasteiger partial charge on any atom is -0.329 e. The molecule has 1 saturated heterocycles. The molecule has 2 aliphatic heterocycles. The van der Waals surface area contributed by atoms with Crippen molar-refractivity contribution in [1.29, 1.82) is 0 Å². The lowest BCUT2D eigenvalue weighted by molar-refractivity contribution is -0.124. The molecule has 4 heterocycles. The molecule has 11 heteroatoms. The van der Waals surface area contributed by atoms with Crippen molar-refractivity contribution in [1.82, 2.24) is 30.0 Å². The van der Waals surface area contributed by atoms with Crippen molar-refractivity contribution in [3.8, 4) is 0 Å². The van der Waals surface area contributed by atoms with Gasteiger partial charge in [0.2, 0.25) is 5.95 Å². The van der Waals surface area contributed by atoms with E-state index in [9.17, 15) is 4.79 Å². The zero-order chi connectivity index (χ0) is 20.8. The van der Waals surface area contributed by atoms with Gasteiger partial charge in [-0.2, -0.15) is 10.1 Å². The summed E-state index contributed by atoms with van der Waals surface area (Å²) in [5, 5.41) is 11.0. The van der Waals surface area contributed by atoms with E-state index in [1.54, 1.807) is 9.96 Å². The highest BCUT2D eigenvalue weighted by Gasteiger charge is 2.35. The number of aromatic nitrogens is 4. The summed E-state index contributed by atoms with van der Waals surface area (Å²) >= 11 is 1.39. The number of anilines is 3. The van der Waals surface area contributed by atoms with Crippen LogP contribution in [0.2, 0.25) is 0 Å². The summed E-state index contributed by atoms with van der Waals surface area (Å²) in [5.74, 6) is 2.83. The molecule has 31 heavy (non-hydrogen) atoms. The molecule has 10 nitrogen and oxygen atoms in total. The molecule has 2 aromatic rings. The fourth-order valence-corrected chi connectivity index (χ4v) is 5.07. The maximum Gasteiger partial charge on any atom is 0.257 e. The molecular formula is C20H25N9OS. The number of nitrogens with zero attached hydrogens (tertiary/aromatic N) is 6. The van der Waals surface area contributed by atoms with Crippen LogP contribution in [0.3, 0.4) is 0 Å². The molecule has 4 aliphatic rings. The van der Waals surface area contributed by atoms with Gasteiger partial charge in [0.05, 0.1) is 11.2 Å². The van der Waals surface area contributed by atoms with Crippen molar-refractivity contribution in [2.24, 2.45) is 4.99 Å². The molecule has 162 valence electrons. The Hall–Kier alpha value is -2.66. The topological polar surface area (TPSA) is 114 Å². The Morgan fingerprint density at radius 2 is 2.13 bits per heavy atom. The number of fused-ring (bicyclic) bond motifs is 1. The minimum atomic E-state index is -0.277. The Morgan fingerprint density at radius 1 is 1.19 bits per heavy atom. The SMILES string of the molecule is O=C(NN1CN=CS1)[C@H]1CCCN1c1nc2c(c(Nc3cc(C4CC4)[nH]n3)n1)CCC2. The molecule has 1 amide bonds. The van der Waals surface area contributed by atoms with E-state index in [1.807, 2.05) is 4.90 Å². The van der Waals surface area contributed by atoms with Crippen LogP contribution >= 0.6 is 11.9 Å². The van der Waals surface area contributed by atoms with Crippen molar-refractivity contribution < 1.29 is 4.79 Å². The molecule has 0 aromatic carbocycles. The quantitative estimate of drug-likeness (QED) is 0.587. The smallest absolute Gasteiger partial charge is 0.257 e. The predicted octanol–water partition coefficient (Wildman–Crippen LogP) is 2.26. The van der Waals surface area contributed by atoms with Gasteiger partial charge in [0, 0.05) is 29.8 Å². The average Bonchev–Trinajstić information content (AvgIpc) is 3.27. The number of rotatable bonds is 6. The Labute approximate surface area is 184 Å². The van der Waals surface area contributed by atoms with Crippen molar-refractivity contribution in [2.75, 3.05) is 23.4 Å². The van der Waals surface area contributed by atoms with Crippen molar-refractivity contribution in [3.05, 3.63) is 23.0 Å². The van der Waals surface area contributed by atoms with Gasteiger partial charge in [-0.15, -0.1) is 4.41 Å². The third kappa shape index (κ3) is 3.76. The van der Waals surface area contributed by atoms with Gasteiger partial charge in [0.25, 0.3) is 5.91 Å². The van der Waals surface area contributed by atoms with Crippen LogP contribution in [-0.4, -0.2) is 55.3 Å². The van der Waals surface area contributed by atoms with Crippen LogP contribution in [0.5, 0.6) is 0 Å². The summed E-state index contributed by atoms with van der Waals surface area (Å²) in [6.45, 7) is 1.24. The lowest BCUT2D eigenvalue weighted by Crippen LogP contribution is -2.48. The molecular weight excluding hydrogens is 414 g/mol. The van der Waals surface area contributed by atoms with E-state index in [0.717, 1.165) is 56.0 Å². The molecule has 3 N–H and O–H groups in total. The van der Waals surface area contributed by atoms with Crippen LogP contribution in [0.15, 0.2) is 11.1 Å². The maximum absolute atomic E-state index is 12.9. The fraction of sp³-hybridized carbons (Fsp3) is 0.550. The Kier molecular flexibility index (Phi) is 4.79. The van der Waals surface area contributed by atoms with Gasteiger partial charge >= 0.3 is 0 Å². The highest BCUT2D eigenvalue weighted by molar-refractivity contribution is 8.10. The van der Waals surface area contributed by atoms with Crippen molar-refractivity contribution in [3.63, 3.8) is 0 Å². The molecule has 1 atom stereocenters. The number of H-pyrrole nitrogens is 1. The van der Waals surface area contributed by atoms with Crippen LogP contribution in [0, 0.1) is 0 Å². The third-order valence-electron chi connectivity index (χ3n) is 6.29. The molecule has 0 unspecified atom stereocenters. The number of amides is 1. The number of aliphatic imine (C=N–C) groups is 1. The highest BCUT2D eigenvalue weighted by atomic mass is 32.2. The van der Waals surface area contributed by atoms with Gasteiger partial charge < -0.3 is 10.2 Å². The molecule has 2 aliphatic carbocycles. The van der Waals surface area contributed by atoms with Crippen LogP contribution in [0.25, 0.3) is 0 Å². The number of hydrazine groups is 1. The molecule has 2 fully saturated rings. The van der Waals surface area contributed by atoms with E-state index in [0.29, 0.717) is 18.5 Å². The number of hydrogen-bond donors (Lipinski definition) is 3. The van der Waals surface area contributed by atoms with Crippen molar-refractivity contribution in [2.45, 2.75) is 56.9 Å². The third-order valence-corrected chi connectivity index (χ3v) is 6.99. The van der Waals surface area contributed by atoms with Gasteiger partial charge in [-0.05, 0) is 56.9 Å². The van der Waals surface area contributed by atoms with Gasteiger partial charge in [-0.1, -0.05) is 0 Å². The van der Waals surface area contributed by atoms with E-state index < -0.39 is 0 Å². The summed E-state index contributed by atoms with van der Waals surface area (Å²) in [4.78, 5) is 28.8. The standard InChI is InChI=1S/C20H25N9OS/c30-19(27-29-10-21-11-31-29)16-5-2-8-28(16)20-22-14-4-1-3-13(14)18(24-20)23-17-9-15(25-26-17)12-6-7-12/h9,11-12,16H,1-8,10H2,(H,27,30)(H2,22,23,24,25,26)/t16-/m1/s1. The number of carbonyl (C=O) groups is 1. The van der Waals surface area contributed by atoms with E-state index in [4.69, 9.17) is 9.97 Å². The largest absolute Gasteiger partial charge is 0.329 e. The summed E-state index contributed by atoms with van der Waals surface area (Å²) in [5.41, 5.74) is 8.13. The summed E-state index contributed by atoms with van der Waals surface area (Å²) < 4.78 is 1.74. The zero-order valence-electron chi connectivity index (χ0n) is 17.2. The fourth-order valence-electron chi connectivity index (χ4n) is 4.55. The Bertz CT molecular complexity index is 1030. The van der Waals surface area contributed by atoms with Crippen molar-refractivity contribution >= 4 is 41.0 Å². The number of aromatic amines is 1. The number of aryl methyl sites for hydroxylation is 1. The summed E-state index contributed by atoms with van der Waals surface area (Å²) in [6.07, 6.45) is 7.18. The number of hydrogen-bond acceptors (Lipinski definition) is 9. The maximum atomic E-state index is 12.9. The first-order valence-electron chi connectivity index (χ1n) is 11.0. The van der Waals surface area contributed by atoms with Gasteiger partial charge in [0.15, 0.2) is 5.82 Å². The van der Waals surface area contributed by atoms with E-state index in [1.165, 1.54) is 36.0 Å². The van der Waals surface area contributed by atoms with Crippen LogP contribution in [0.4, 0.5) is 17.6 Å². The summed E-state index contributed by atoms with van der Waals surface area (Å²) in [7, 11) is 0. The molecule has 0 spiro atoms. The number of carbonyl (C=O) groups excluding carboxylic acids is 1. The average molecular weight is 440 g/mol. The minimum absolute atomic E-state index is 0.0320. The lowest BCUT2D eigenvalue weighted by Gasteiger charge is -2.26. The predicted molar refractivity (Wildman–Crippen MR) is 119 cm³/mol. The number of nitrogens with one attached hydrogen (secondary N) is 3. The lowest BCUT2D eigenvalue weighted by atomic mass is 10.2. The Balaban J connectivity index is 1.25. The van der Waals surface area contributed by atoms with Crippen LogP contribution in [-0.2, 0) is 17.6 Å². The van der Waals surface area contributed by atoms with Crippen LogP contribution in [0.1, 0.15) is 55.0 Å². The van der Waals surface area contributed by atoms with Gasteiger partial charge in [-0.25, -0.2) is 4.98 Å². The first kappa shape index (κ1) is 19.1. The molecule has 1 saturated carbocycles. The highest BCUT2D eigenvalue weighted by Crippen LogP contribution is 2.40. The van der Waals surface area contributed by atoms with E-state index in [2.05, 4.69) is 32.0 Å². The normalized spacial score (nSPS) is 22.8. The molecule has 6 rings (SSSR count). The summed E-state index contributed by atoms with van der Waals surface area (Å²) in [6, 6.07) is 1.81. The molecule has 2 aromatic heterocycles. The zero-order valence-corrected chi connectivity index (χ0v) is 18.0. The second-order valence-electron chi connectivity index (χ2n) is 8.50. The second-order valence-corrected chi connectivity index (χ2v) is 9.36. The molecule has 0 radical (unpaired) electrons. The van der Waals surface area contributed by atoms with Crippen LogP contribution < -0.4 is 15.6 Å². The first-order chi connectivity index (χ1) is 15.2. The molecule has 0 bridgehead atoms.